The van der Waals surface area contributed by atoms with Crippen molar-refractivity contribution in [1.29, 1.82) is 0 Å². The van der Waals surface area contributed by atoms with Gasteiger partial charge in [-0.2, -0.15) is 18.2 Å². The molecule has 0 spiro atoms. The van der Waals surface area contributed by atoms with Gasteiger partial charge in [0.2, 0.25) is 0 Å². The minimum atomic E-state index is -0.0982. The van der Waals surface area contributed by atoms with Gasteiger partial charge in [0.1, 0.15) is 11.7 Å². The molecule has 0 atom stereocenters. The molecule has 0 saturated carbocycles. The molecule has 0 bridgehead atoms. The number of nitrogens with zero attached hydrogens (tertiary/aromatic N) is 5. The molecule has 0 N–H and O–H groups in total. The Kier molecular flexibility index (Phi) is 10.5. The van der Waals surface area contributed by atoms with E-state index in [2.05, 4.69) is 230 Å². The van der Waals surface area contributed by atoms with E-state index in [9.17, 15) is 0 Å². The molecule has 0 saturated heterocycles. The standard InChI is InChI=1S/C63H43N5O.Pt/c1-63(2,3)44-33-35-64-57(37-44)68-56-39-46(31-32-52(56)60-53-28-15-22-43-21-14-27-50(59(43)53)49-23-10-11-24-51(49)62(60)68)69-58-38-45(34-36-65-58)66-40-67(55-30-13-12-29-54(55)66)61-47(41-17-6-4-7-18-41)25-16-26-48(61)42-19-8-5-9-20-42;/h4-37H,1-3H3;/q-2;. The smallest absolute Gasteiger partial charge is 0.267 e. The summed E-state index contributed by atoms with van der Waals surface area (Å²) in [6.07, 6.45) is 7.44. The van der Waals surface area contributed by atoms with Crippen LogP contribution in [-0.2, 0) is 26.5 Å². The molecular weight excluding hydrogens is 1040 g/mol. The van der Waals surface area contributed by atoms with Gasteiger partial charge in [0, 0.05) is 44.3 Å². The van der Waals surface area contributed by atoms with E-state index in [0.717, 1.165) is 78.2 Å². The molecule has 0 unspecified atom stereocenters. The average molecular weight is 1080 g/mol. The van der Waals surface area contributed by atoms with Gasteiger partial charge in [-0.15, -0.1) is 17.5 Å². The molecule has 4 heterocycles. The maximum absolute atomic E-state index is 6.73. The summed E-state index contributed by atoms with van der Waals surface area (Å²) in [7, 11) is 0. The van der Waals surface area contributed by atoms with Crippen molar-refractivity contribution in [2.24, 2.45) is 0 Å². The summed E-state index contributed by atoms with van der Waals surface area (Å²) >= 11 is 0. The third-order valence-corrected chi connectivity index (χ3v) is 13.4. The largest absolute Gasteiger partial charge is 0.484 e. The van der Waals surface area contributed by atoms with Crippen molar-refractivity contribution in [2.45, 2.75) is 26.2 Å². The maximum atomic E-state index is 6.73. The predicted octanol–water partition coefficient (Wildman–Crippen LogP) is 14.9. The Morgan fingerprint density at radius 1 is 0.557 bits per heavy atom. The monoisotopic (exact) mass is 1080 g/mol. The van der Waals surface area contributed by atoms with Gasteiger partial charge in [-0.3, -0.25) is 9.55 Å². The summed E-state index contributed by atoms with van der Waals surface area (Å²) in [5, 5.41) is 3.48. The summed E-state index contributed by atoms with van der Waals surface area (Å²) < 4.78 is 13.2. The Morgan fingerprint density at radius 2 is 1.19 bits per heavy atom. The van der Waals surface area contributed by atoms with Gasteiger partial charge >= 0.3 is 0 Å². The topological polar surface area (TPSA) is 48.8 Å². The maximum Gasteiger partial charge on any atom is 0.267 e. The normalized spacial score (nSPS) is 11.8. The number of pyridine rings is 2. The van der Waals surface area contributed by atoms with Crippen LogP contribution in [0.1, 0.15) is 26.3 Å². The fourth-order valence-electron chi connectivity index (χ4n) is 10.3. The van der Waals surface area contributed by atoms with E-state index in [4.69, 9.17) is 14.7 Å². The van der Waals surface area contributed by atoms with Gasteiger partial charge in [-0.05, 0) is 78.4 Å². The van der Waals surface area contributed by atoms with Crippen molar-refractivity contribution in [3.8, 4) is 84.6 Å². The van der Waals surface area contributed by atoms with Crippen molar-refractivity contribution in [3.63, 3.8) is 0 Å². The summed E-state index contributed by atoms with van der Waals surface area (Å²) in [5.74, 6) is 1.64. The molecule has 0 amide bonds. The third kappa shape index (κ3) is 7.09. The molecule has 7 heteroatoms. The quantitative estimate of drug-likeness (QED) is 0.118. The number of ether oxygens (including phenoxy) is 1. The summed E-state index contributed by atoms with van der Waals surface area (Å²) in [6, 6.07) is 75.6. The first kappa shape index (κ1) is 43.1. The summed E-state index contributed by atoms with van der Waals surface area (Å²) in [6.45, 7) is 6.71. The second-order valence-corrected chi connectivity index (χ2v) is 18.6. The zero-order chi connectivity index (χ0) is 46.2. The van der Waals surface area contributed by atoms with Crippen molar-refractivity contribution in [3.05, 3.63) is 231 Å². The predicted molar refractivity (Wildman–Crippen MR) is 277 cm³/mol. The first-order valence-corrected chi connectivity index (χ1v) is 23.3. The second-order valence-electron chi connectivity index (χ2n) is 18.6. The average Bonchev–Trinajstić information content (AvgIpc) is 3.91. The summed E-state index contributed by atoms with van der Waals surface area (Å²) in [5.41, 5.74) is 17.0. The van der Waals surface area contributed by atoms with Crippen molar-refractivity contribution < 1.29 is 30.4 Å². The number of hydrogen-bond acceptors (Lipinski definition) is 3. The van der Waals surface area contributed by atoms with Crippen LogP contribution in [0.15, 0.2) is 207 Å². The van der Waals surface area contributed by atoms with Gasteiger partial charge in [-0.25, -0.2) is 4.98 Å². The number of benzene rings is 8. The van der Waals surface area contributed by atoms with Gasteiger partial charge in [0.05, 0.1) is 16.7 Å². The Balaban J connectivity index is 0.00000505. The van der Waals surface area contributed by atoms with Crippen LogP contribution in [0.25, 0.3) is 106 Å². The molecular formula is C63H43N5OPt-2. The first-order valence-electron chi connectivity index (χ1n) is 23.3. The molecule has 70 heavy (non-hydrogen) atoms. The van der Waals surface area contributed by atoms with E-state index < -0.39 is 0 Å². The van der Waals surface area contributed by atoms with Crippen LogP contribution in [0, 0.1) is 18.5 Å². The summed E-state index contributed by atoms with van der Waals surface area (Å²) in [4.78, 5) is 9.80. The number of rotatable bonds is 7. The van der Waals surface area contributed by atoms with Crippen LogP contribution >= 0.6 is 0 Å². The zero-order valence-electron chi connectivity index (χ0n) is 38.6. The molecule has 8 aromatic carbocycles. The Labute approximate surface area is 421 Å². The molecule has 0 aliphatic heterocycles. The van der Waals surface area contributed by atoms with Gasteiger partial charge in [0.25, 0.3) is 6.33 Å². The Morgan fingerprint density at radius 3 is 1.93 bits per heavy atom. The number of fused-ring (bicyclic) bond motifs is 8. The van der Waals surface area contributed by atoms with Crippen molar-refractivity contribution >= 4 is 32.7 Å². The molecule has 6 nitrogen and oxygen atoms in total. The van der Waals surface area contributed by atoms with Crippen LogP contribution in [0.5, 0.6) is 11.6 Å². The first-order chi connectivity index (χ1) is 33.9. The van der Waals surface area contributed by atoms with E-state index in [0.29, 0.717) is 11.6 Å². The molecule has 0 fully saturated rings. The van der Waals surface area contributed by atoms with Gasteiger partial charge < -0.3 is 13.9 Å². The molecule has 0 radical (unpaired) electrons. The minimum Gasteiger partial charge on any atom is -0.484 e. The molecule has 4 aromatic heterocycles. The second kappa shape index (κ2) is 17.1. The molecule has 1 aliphatic rings. The van der Waals surface area contributed by atoms with E-state index in [1.54, 1.807) is 6.20 Å². The van der Waals surface area contributed by atoms with E-state index >= 15 is 0 Å². The third-order valence-electron chi connectivity index (χ3n) is 13.4. The fourth-order valence-corrected chi connectivity index (χ4v) is 10.3. The van der Waals surface area contributed by atoms with Crippen LogP contribution in [0.3, 0.4) is 0 Å². The molecule has 1 aliphatic carbocycles. The van der Waals surface area contributed by atoms with Crippen molar-refractivity contribution in [1.82, 2.24) is 19.1 Å². The van der Waals surface area contributed by atoms with Crippen LogP contribution in [0.4, 0.5) is 0 Å². The fraction of sp³-hybridized carbons (Fsp3) is 0.0635. The van der Waals surface area contributed by atoms with Crippen molar-refractivity contribution in [2.75, 3.05) is 0 Å². The van der Waals surface area contributed by atoms with Gasteiger partial charge in [0.15, 0.2) is 0 Å². The molecule has 12 aromatic rings. The van der Waals surface area contributed by atoms with Crippen LogP contribution in [0.2, 0.25) is 0 Å². The number of imidazole rings is 1. The van der Waals surface area contributed by atoms with Crippen LogP contribution in [-0.4, -0.2) is 19.1 Å². The van der Waals surface area contributed by atoms with E-state index in [1.807, 2.05) is 22.9 Å². The van der Waals surface area contributed by atoms with Crippen LogP contribution < -0.4 is 9.30 Å². The van der Waals surface area contributed by atoms with Gasteiger partial charge in [-0.1, -0.05) is 202 Å². The number of para-hydroxylation sites is 3. The number of aromatic nitrogens is 5. The van der Waals surface area contributed by atoms with E-state index in [-0.39, 0.29) is 26.5 Å². The minimum absolute atomic E-state index is 0. The number of hydrogen-bond donors (Lipinski definition) is 0. The molecule has 13 rings (SSSR count). The SMILES string of the molecule is CC(C)(C)c1ccnc(-n2c3c(c4ccc(Oc5[c-]c(-n6[c-][n+](-c7c(-c8ccccc8)cccc7-c7ccccc7)c7ccccc76)ccn5)[c-]c42)-c2cccc4cccc(c24)-c2ccccc2-3)c1.[Pt]. The molecule has 338 valence electrons. The Hall–Kier alpha value is -8.18. The van der Waals surface area contributed by atoms with E-state index in [1.165, 1.54) is 33.0 Å². The zero-order valence-corrected chi connectivity index (χ0v) is 40.9. The Bertz CT molecular complexity index is 3920.